The summed E-state index contributed by atoms with van der Waals surface area (Å²) in [6.45, 7) is 10.3. The quantitative estimate of drug-likeness (QED) is 0.899. The average Bonchev–Trinajstić information content (AvgIpc) is 2.76. The molecule has 4 nitrogen and oxygen atoms in total. The van der Waals surface area contributed by atoms with Crippen LogP contribution in [0.2, 0.25) is 0 Å². The molecular weight excluding hydrogens is 276 g/mol. The molecule has 0 fully saturated rings. The van der Waals surface area contributed by atoms with Crippen LogP contribution >= 0.6 is 0 Å². The van der Waals surface area contributed by atoms with Crippen LogP contribution in [-0.4, -0.2) is 29.8 Å². The highest BCUT2D eigenvalue weighted by molar-refractivity contribution is 5.68. The van der Waals surface area contributed by atoms with Gasteiger partial charge in [0.15, 0.2) is 0 Å². The molecule has 0 heterocycles. The Morgan fingerprint density at radius 1 is 1.14 bits per heavy atom. The lowest BCUT2D eigenvalue weighted by molar-refractivity contribution is 0.0470. The van der Waals surface area contributed by atoms with Gasteiger partial charge in [-0.1, -0.05) is 24.3 Å². The Kier molecular flexibility index (Phi) is 4.81. The summed E-state index contributed by atoms with van der Waals surface area (Å²) in [5, 5.41) is 6.50. The van der Waals surface area contributed by atoms with Gasteiger partial charge in [0.2, 0.25) is 0 Å². The highest BCUT2D eigenvalue weighted by atomic mass is 16.6. The molecule has 2 rings (SSSR count). The molecule has 1 aliphatic carbocycles. The highest BCUT2D eigenvalue weighted by Gasteiger charge is 2.27. The van der Waals surface area contributed by atoms with Crippen molar-refractivity contribution in [2.24, 2.45) is 0 Å². The third-order valence-electron chi connectivity index (χ3n) is 3.72. The first-order valence-corrected chi connectivity index (χ1v) is 7.96. The second kappa shape index (κ2) is 6.29. The monoisotopic (exact) mass is 304 g/mol. The normalized spacial score (nSPS) is 15.5. The number of amides is 1. The maximum atomic E-state index is 11.9. The van der Waals surface area contributed by atoms with Crippen LogP contribution in [-0.2, 0) is 17.6 Å². The van der Waals surface area contributed by atoms with Gasteiger partial charge in [0.25, 0.3) is 0 Å². The minimum atomic E-state index is -0.472. The molecule has 0 saturated carbocycles. The number of alkyl carbamates (subject to hydrolysis) is 1. The number of nitrogens with one attached hydrogen (secondary N) is 2. The van der Waals surface area contributed by atoms with Crippen molar-refractivity contribution in [3.8, 4) is 0 Å². The maximum absolute atomic E-state index is 11.9. The SMILES string of the molecule is CC(C)(CNC1Cc2ccccc2C1)NC(=O)OC(C)(C)C. The van der Waals surface area contributed by atoms with Gasteiger partial charge in [0, 0.05) is 12.6 Å². The van der Waals surface area contributed by atoms with E-state index in [1.54, 1.807) is 0 Å². The van der Waals surface area contributed by atoms with Crippen molar-refractivity contribution in [1.29, 1.82) is 0 Å². The molecule has 0 radical (unpaired) electrons. The van der Waals surface area contributed by atoms with Gasteiger partial charge in [-0.3, -0.25) is 0 Å². The van der Waals surface area contributed by atoms with Gasteiger partial charge in [-0.25, -0.2) is 4.79 Å². The molecule has 122 valence electrons. The van der Waals surface area contributed by atoms with E-state index in [0.717, 1.165) is 12.8 Å². The fraction of sp³-hybridized carbons (Fsp3) is 0.611. The molecule has 22 heavy (non-hydrogen) atoms. The van der Waals surface area contributed by atoms with E-state index in [-0.39, 0.29) is 11.6 Å². The summed E-state index contributed by atoms with van der Waals surface area (Å²) in [5.41, 5.74) is 2.04. The van der Waals surface area contributed by atoms with Crippen LogP contribution in [0.3, 0.4) is 0 Å². The minimum Gasteiger partial charge on any atom is -0.444 e. The molecule has 0 saturated heterocycles. The second-order valence-electron chi connectivity index (χ2n) is 7.77. The van der Waals surface area contributed by atoms with Crippen LogP contribution in [0.25, 0.3) is 0 Å². The summed E-state index contributed by atoms with van der Waals surface area (Å²) < 4.78 is 5.32. The molecule has 0 unspecified atom stereocenters. The van der Waals surface area contributed by atoms with Gasteiger partial charge in [-0.05, 0) is 58.6 Å². The fourth-order valence-corrected chi connectivity index (χ4v) is 2.73. The van der Waals surface area contributed by atoms with Gasteiger partial charge in [0.1, 0.15) is 5.60 Å². The smallest absolute Gasteiger partial charge is 0.408 e. The Labute approximate surface area is 133 Å². The van der Waals surface area contributed by atoms with Crippen molar-refractivity contribution in [2.75, 3.05) is 6.54 Å². The summed E-state index contributed by atoms with van der Waals surface area (Å²) in [6, 6.07) is 9.02. The van der Waals surface area contributed by atoms with E-state index in [0.29, 0.717) is 12.6 Å². The Balaban J connectivity index is 1.80. The molecule has 1 aromatic carbocycles. The molecule has 0 atom stereocenters. The van der Waals surface area contributed by atoms with E-state index in [1.807, 2.05) is 34.6 Å². The second-order valence-corrected chi connectivity index (χ2v) is 7.77. The molecule has 0 aromatic heterocycles. The predicted octanol–water partition coefficient (Wildman–Crippen LogP) is 3.05. The van der Waals surface area contributed by atoms with Crippen molar-refractivity contribution >= 4 is 6.09 Å². The first-order chi connectivity index (χ1) is 10.1. The molecule has 0 bridgehead atoms. The topological polar surface area (TPSA) is 50.4 Å². The fourth-order valence-electron chi connectivity index (χ4n) is 2.73. The first-order valence-electron chi connectivity index (χ1n) is 7.96. The summed E-state index contributed by atoms with van der Waals surface area (Å²) >= 11 is 0. The molecule has 0 aliphatic heterocycles. The summed E-state index contributed by atoms with van der Waals surface area (Å²) in [7, 11) is 0. The number of hydrogen-bond donors (Lipinski definition) is 2. The first kappa shape index (κ1) is 16.8. The van der Waals surface area contributed by atoms with Gasteiger partial charge < -0.3 is 15.4 Å². The number of rotatable bonds is 4. The lowest BCUT2D eigenvalue weighted by atomic mass is 10.1. The standard InChI is InChI=1S/C18H28N2O2/c1-17(2,3)22-16(21)20-18(4,5)12-19-15-10-13-8-6-7-9-14(13)11-15/h6-9,15,19H,10-12H2,1-5H3,(H,20,21). The van der Waals surface area contributed by atoms with Crippen LogP contribution in [0.5, 0.6) is 0 Å². The third-order valence-corrected chi connectivity index (χ3v) is 3.72. The summed E-state index contributed by atoms with van der Waals surface area (Å²) in [4.78, 5) is 11.9. The van der Waals surface area contributed by atoms with E-state index >= 15 is 0 Å². The van der Waals surface area contributed by atoms with Gasteiger partial charge in [-0.15, -0.1) is 0 Å². The van der Waals surface area contributed by atoms with E-state index < -0.39 is 5.60 Å². The Morgan fingerprint density at radius 2 is 1.68 bits per heavy atom. The van der Waals surface area contributed by atoms with Crippen molar-refractivity contribution in [3.05, 3.63) is 35.4 Å². The predicted molar refractivity (Wildman–Crippen MR) is 89.1 cm³/mol. The van der Waals surface area contributed by atoms with Crippen molar-refractivity contribution in [1.82, 2.24) is 10.6 Å². The van der Waals surface area contributed by atoms with Crippen LogP contribution < -0.4 is 10.6 Å². The minimum absolute atomic E-state index is 0.350. The lowest BCUT2D eigenvalue weighted by Gasteiger charge is -2.30. The van der Waals surface area contributed by atoms with E-state index in [2.05, 4.69) is 34.9 Å². The molecule has 1 aromatic rings. The van der Waals surface area contributed by atoms with Crippen molar-refractivity contribution in [3.63, 3.8) is 0 Å². The Morgan fingerprint density at radius 3 is 2.18 bits per heavy atom. The molecule has 1 aliphatic rings. The summed E-state index contributed by atoms with van der Waals surface area (Å²) in [6.07, 6.45) is 1.74. The largest absolute Gasteiger partial charge is 0.444 e. The van der Waals surface area contributed by atoms with Crippen LogP contribution in [0.15, 0.2) is 24.3 Å². The van der Waals surface area contributed by atoms with E-state index in [1.165, 1.54) is 11.1 Å². The average molecular weight is 304 g/mol. The number of benzene rings is 1. The zero-order valence-corrected chi connectivity index (χ0v) is 14.3. The number of fused-ring (bicyclic) bond motifs is 1. The van der Waals surface area contributed by atoms with E-state index in [9.17, 15) is 4.79 Å². The third kappa shape index (κ3) is 5.02. The molecule has 4 heteroatoms. The van der Waals surface area contributed by atoms with Crippen LogP contribution in [0.4, 0.5) is 4.79 Å². The zero-order valence-electron chi connectivity index (χ0n) is 14.3. The maximum Gasteiger partial charge on any atom is 0.408 e. The lowest BCUT2D eigenvalue weighted by Crippen LogP contribution is -2.53. The number of carbonyl (C=O) groups is 1. The van der Waals surface area contributed by atoms with Crippen LogP contribution in [0, 0.1) is 0 Å². The molecule has 0 spiro atoms. The van der Waals surface area contributed by atoms with Gasteiger partial charge in [0.05, 0.1) is 5.54 Å². The highest BCUT2D eigenvalue weighted by Crippen LogP contribution is 2.21. The molecular formula is C18H28N2O2. The number of hydrogen-bond acceptors (Lipinski definition) is 3. The molecule has 2 N–H and O–H groups in total. The van der Waals surface area contributed by atoms with E-state index in [4.69, 9.17) is 4.74 Å². The number of carbonyl (C=O) groups excluding carboxylic acids is 1. The summed E-state index contributed by atoms with van der Waals surface area (Å²) in [5.74, 6) is 0. The van der Waals surface area contributed by atoms with Crippen LogP contribution in [0.1, 0.15) is 45.7 Å². The van der Waals surface area contributed by atoms with Crippen molar-refractivity contribution in [2.45, 2.75) is 64.6 Å². The Hall–Kier alpha value is -1.55. The van der Waals surface area contributed by atoms with Crippen molar-refractivity contribution < 1.29 is 9.53 Å². The van der Waals surface area contributed by atoms with Gasteiger partial charge in [-0.2, -0.15) is 0 Å². The number of ether oxygens (including phenoxy) is 1. The Bertz CT molecular complexity index is 507. The van der Waals surface area contributed by atoms with Gasteiger partial charge >= 0.3 is 6.09 Å². The molecule has 1 amide bonds. The zero-order chi connectivity index (χ0) is 16.4.